The van der Waals surface area contributed by atoms with Crippen molar-refractivity contribution in [2.45, 2.75) is 20.8 Å². The first-order valence-electron chi connectivity index (χ1n) is 4.57. The Morgan fingerprint density at radius 1 is 1.38 bits per heavy atom. The Morgan fingerprint density at radius 3 is 2.69 bits per heavy atom. The Labute approximate surface area is 80.6 Å². The minimum Gasteiger partial charge on any atom is -0.296 e. The van der Waals surface area contributed by atoms with Crippen molar-refractivity contribution in [3.8, 4) is 0 Å². The van der Waals surface area contributed by atoms with Gasteiger partial charge in [-0.2, -0.15) is 0 Å². The normalized spacial score (nSPS) is 21.2. The smallest absolute Gasteiger partial charge is 0.0281 e. The molecule has 0 aliphatic heterocycles. The lowest BCUT2D eigenvalue weighted by atomic mass is 9.90. The second-order valence-corrected chi connectivity index (χ2v) is 4.02. The quantitative estimate of drug-likeness (QED) is 0.543. The molecule has 1 heteroatoms. The van der Waals surface area contributed by atoms with Crippen molar-refractivity contribution in [3.63, 3.8) is 0 Å². The van der Waals surface area contributed by atoms with Crippen molar-refractivity contribution in [2.24, 2.45) is 10.4 Å². The summed E-state index contributed by atoms with van der Waals surface area (Å²) in [7, 11) is 1.80. The van der Waals surface area contributed by atoms with Crippen LogP contribution in [0.15, 0.2) is 40.4 Å². The molecule has 0 unspecified atom stereocenters. The van der Waals surface area contributed by atoms with Crippen LogP contribution in [0.2, 0.25) is 0 Å². The first kappa shape index (κ1) is 9.97. The summed E-state index contributed by atoms with van der Waals surface area (Å²) in [6, 6.07) is 0. The molecule has 0 saturated heterocycles. The monoisotopic (exact) mass is 175 g/mol. The number of nitrogens with zero attached hydrogens (tertiary/aromatic N) is 1. The van der Waals surface area contributed by atoms with Crippen molar-refractivity contribution in [2.75, 3.05) is 7.05 Å². The van der Waals surface area contributed by atoms with E-state index in [-0.39, 0.29) is 5.41 Å². The van der Waals surface area contributed by atoms with Gasteiger partial charge < -0.3 is 0 Å². The van der Waals surface area contributed by atoms with Gasteiger partial charge in [0.1, 0.15) is 0 Å². The summed E-state index contributed by atoms with van der Waals surface area (Å²) in [6.45, 7) is 6.50. The number of hydrogen-bond donors (Lipinski definition) is 0. The summed E-state index contributed by atoms with van der Waals surface area (Å²) in [4.78, 5) is 4.06. The molecule has 1 rings (SSSR count). The van der Waals surface area contributed by atoms with Crippen LogP contribution >= 0.6 is 0 Å². The van der Waals surface area contributed by atoms with Crippen LogP contribution in [0.25, 0.3) is 0 Å². The van der Waals surface area contributed by atoms with E-state index in [0.717, 1.165) is 0 Å². The van der Waals surface area contributed by atoms with Crippen LogP contribution in [0.5, 0.6) is 0 Å². The van der Waals surface area contributed by atoms with E-state index in [1.807, 2.05) is 6.21 Å². The Bertz CT molecular complexity index is 301. The molecule has 0 radical (unpaired) electrons. The van der Waals surface area contributed by atoms with Gasteiger partial charge in [0.15, 0.2) is 0 Å². The predicted octanol–water partition coefficient (Wildman–Crippen LogP) is 3.16. The van der Waals surface area contributed by atoms with Gasteiger partial charge in [-0.1, -0.05) is 38.2 Å². The van der Waals surface area contributed by atoms with Crippen LogP contribution in [0.1, 0.15) is 20.8 Å². The third kappa shape index (κ3) is 2.69. The summed E-state index contributed by atoms with van der Waals surface area (Å²) >= 11 is 0. The predicted molar refractivity (Wildman–Crippen MR) is 59.2 cm³/mol. The van der Waals surface area contributed by atoms with E-state index in [0.29, 0.717) is 0 Å². The van der Waals surface area contributed by atoms with Gasteiger partial charge in [-0.3, -0.25) is 4.99 Å². The third-order valence-corrected chi connectivity index (χ3v) is 2.12. The molecule has 0 atom stereocenters. The van der Waals surface area contributed by atoms with Crippen LogP contribution < -0.4 is 0 Å². The molecule has 0 heterocycles. The Hall–Kier alpha value is -1.11. The minimum absolute atomic E-state index is 0.130. The lowest BCUT2D eigenvalue weighted by molar-refractivity contribution is 0.625. The van der Waals surface area contributed by atoms with Crippen LogP contribution in [-0.2, 0) is 0 Å². The molecule has 0 N–H and O–H groups in total. The standard InChI is InChI=1S/C12H17N/c1-10-6-5-7-12(2,3)8-11(10)9-13-4/h5-9H,1-4H3/b13-9-. The highest BCUT2D eigenvalue weighted by atomic mass is 14.6. The summed E-state index contributed by atoms with van der Waals surface area (Å²) in [5, 5.41) is 0. The van der Waals surface area contributed by atoms with Gasteiger partial charge in [-0.15, -0.1) is 0 Å². The van der Waals surface area contributed by atoms with E-state index in [4.69, 9.17) is 0 Å². The van der Waals surface area contributed by atoms with Crippen molar-refractivity contribution in [1.29, 1.82) is 0 Å². The van der Waals surface area contributed by atoms with E-state index >= 15 is 0 Å². The zero-order chi connectivity index (χ0) is 9.90. The summed E-state index contributed by atoms with van der Waals surface area (Å²) in [5.41, 5.74) is 2.62. The zero-order valence-corrected chi connectivity index (χ0v) is 8.83. The Kier molecular flexibility index (Phi) is 2.86. The lowest BCUT2D eigenvalue weighted by Crippen LogP contribution is -2.03. The molecule has 0 aromatic rings. The first-order chi connectivity index (χ1) is 6.05. The van der Waals surface area contributed by atoms with E-state index in [2.05, 4.69) is 50.1 Å². The highest BCUT2D eigenvalue weighted by molar-refractivity contribution is 5.84. The molecular formula is C12H17N. The van der Waals surface area contributed by atoms with Crippen LogP contribution in [0.4, 0.5) is 0 Å². The van der Waals surface area contributed by atoms with E-state index in [1.54, 1.807) is 7.05 Å². The highest BCUT2D eigenvalue weighted by Gasteiger charge is 2.13. The maximum absolute atomic E-state index is 4.06. The molecule has 1 aliphatic carbocycles. The molecule has 0 fully saturated rings. The SMILES string of the molecule is C/N=C\C1=CC(C)(C)C=CC=C1C. The Morgan fingerprint density at radius 2 is 2.08 bits per heavy atom. The van der Waals surface area contributed by atoms with Gasteiger partial charge in [-0.25, -0.2) is 0 Å². The van der Waals surface area contributed by atoms with Gasteiger partial charge >= 0.3 is 0 Å². The van der Waals surface area contributed by atoms with E-state index in [9.17, 15) is 0 Å². The molecule has 0 saturated carbocycles. The fourth-order valence-corrected chi connectivity index (χ4v) is 1.38. The average Bonchev–Trinajstić information content (AvgIpc) is 2.12. The van der Waals surface area contributed by atoms with Crippen molar-refractivity contribution in [1.82, 2.24) is 0 Å². The van der Waals surface area contributed by atoms with Crippen molar-refractivity contribution < 1.29 is 0 Å². The molecule has 13 heavy (non-hydrogen) atoms. The van der Waals surface area contributed by atoms with Gasteiger partial charge in [0, 0.05) is 18.7 Å². The molecular weight excluding hydrogens is 158 g/mol. The fraction of sp³-hybridized carbons (Fsp3) is 0.417. The van der Waals surface area contributed by atoms with Crippen molar-refractivity contribution in [3.05, 3.63) is 35.5 Å². The largest absolute Gasteiger partial charge is 0.296 e. The fourth-order valence-electron chi connectivity index (χ4n) is 1.38. The minimum atomic E-state index is 0.130. The van der Waals surface area contributed by atoms with Gasteiger partial charge in [0.25, 0.3) is 0 Å². The molecule has 70 valence electrons. The Balaban J connectivity index is 3.09. The van der Waals surface area contributed by atoms with Crippen LogP contribution in [0.3, 0.4) is 0 Å². The molecule has 0 amide bonds. The van der Waals surface area contributed by atoms with Crippen molar-refractivity contribution >= 4 is 6.21 Å². The van der Waals surface area contributed by atoms with Gasteiger partial charge in [0.05, 0.1) is 0 Å². The van der Waals surface area contributed by atoms with E-state index < -0.39 is 0 Å². The summed E-state index contributed by atoms with van der Waals surface area (Å²) in [6.07, 6.45) is 10.6. The van der Waals surface area contributed by atoms with Crippen LogP contribution in [0, 0.1) is 5.41 Å². The molecule has 1 aliphatic rings. The molecule has 0 spiro atoms. The molecule has 0 aromatic carbocycles. The first-order valence-corrected chi connectivity index (χ1v) is 4.57. The van der Waals surface area contributed by atoms with E-state index in [1.165, 1.54) is 11.1 Å². The second-order valence-electron chi connectivity index (χ2n) is 4.02. The van der Waals surface area contributed by atoms with Gasteiger partial charge in [-0.05, 0) is 18.1 Å². The lowest BCUT2D eigenvalue weighted by Gasteiger charge is -2.14. The third-order valence-electron chi connectivity index (χ3n) is 2.12. The highest BCUT2D eigenvalue weighted by Crippen LogP contribution is 2.26. The molecule has 1 nitrogen and oxygen atoms in total. The maximum Gasteiger partial charge on any atom is 0.0281 e. The maximum atomic E-state index is 4.06. The molecule has 0 bridgehead atoms. The molecule has 0 aromatic heterocycles. The number of allylic oxidation sites excluding steroid dienone is 6. The summed E-state index contributed by atoms with van der Waals surface area (Å²) in [5.74, 6) is 0. The topological polar surface area (TPSA) is 12.4 Å². The number of aliphatic imine (C=N–C) groups is 1. The summed E-state index contributed by atoms with van der Waals surface area (Å²) < 4.78 is 0. The number of rotatable bonds is 1. The number of hydrogen-bond acceptors (Lipinski definition) is 1. The van der Waals surface area contributed by atoms with Crippen LogP contribution in [-0.4, -0.2) is 13.3 Å². The average molecular weight is 175 g/mol. The zero-order valence-electron chi connectivity index (χ0n) is 8.83. The van der Waals surface area contributed by atoms with Gasteiger partial charge in [0.2, 0.25) is 0 Å². The second kappa shape index (κ2) is 3.73.